The number of rotatable bonds is 0. The van der Waals surface area contributed by atoms with Crippen LogP contribution in [-0.4, -0.2) is 5.78 Å². The summed E-state index contributed by atoms with van der Waals surface area (Å²) < 4.78 is 0. The molecule has 0 fully saturated rings. The van der Waals surface area contributed by atoms with Crippen molar-refractivity contribution in [2.75, 3.05) is 0 Å². The first-order valence-corrected chi connectivity index (χ1v) is 4.46. The van der Waals surface area contributed by atoms with Crippen LogP contribution in [0.2, 0.25) is 0 Å². The number of hydrogen-bond acceptors (Lipinski definition) is 2. The lowest BCUT2D eigenvalue weighted by atomic mass is 10.1. The maximum absolute atomic E-state index is 11.1. The summed E-state index contributed by atoms with van der Waals surface area (Å²) in [4.78, 5) is 11.1. The summed E-state index contributed by atoms with van der Waals surface area (Å²) in [6, 6.07) is 2.07. The Morgan fingerprint density at radius 1 is 1.17 bits per heavy atom. The number of hydrogen-bond donors (Lipinski definition) is 0. The molecule has 0 heterocycles. The number of nitrogens with zero attached hydrogens (tertiary/aromatic N) is 1. The van der Waals surface area contributed by atoms with Crippen LogP contribution in [0.3, 0.4) is 0 Å². The zero-order chi connectivity index (χ0) is 8.81. The summed E-state index contributed by atoms with van der Waals surface area (Å²) in [7, 11) is 0. The molecule has 64 valence electrons. The molecule has 0 saturated carbocycles. The van der Waals surface area contributed by atoms with E-state index in [4.69, 9.17) is 5.26 Å². The Morgan fingerprint density at radius 2 is 1.83 bits per heavy atom. The van der Waals surface area contributed by atoms with Gasteiger partial charge in [0.1, 0.15) is 0 Å². The second kappa shape index (κ2) is 4.71. The fourth-order valence-electron chi connectivity index (χ4n) is 1.40. The summed E-state index contributed by atoms with van der Waals surface area (Å²) >= 11 is 0. The molecule has 2 nitrogen and oxygen atoms in total. The normalized spacial score (nSPS) is 24.2. The standard InChI is InChI=1S/C10H13NO/c11-8-9-5-3-1-2-4-6-10(12)7-9/h7H,1-6H2/b9-7+. The van der Waals surface area contributed by atoms with E-state index in [1.807, 2.05) is 0 Å². The molecule has 0 saturated heterocycles. The highest BCUT2D eigenvalue weighted by Gasteiger charge is 2.05. The van der Waals surface area contributed by atoms with Crippen LogP contribution < -0.4 is 0 Å². The first-order valence-electron chi connectivity index (χ1n) is 4.46. The van der Waals surface area contributed by atoms with Gasteiger partial charge in [-0.3, -0.25) is 4.79 Å². The maximum atomic E-state index is 11.1. The maximum Gasteiger partial charge on any atom is 0.156 e. The lowest BCUT2D eigenvalue weighted by Gasteiger charge is -1.94. The largest absolute Gasteiger partial charge is 0.295 e. The summed E-state index contributed by atoms with van der Waals surface area (Å²) in [5.74, 6) is 0.119. The molecule has 0 aromatic carbocycles. The van der Waals surface area contributed by atoms with E-state index in [1.54, 1.807) is 0 Å². The van der Waals surface area contributed by atoms with Crippen LogP contribution in [0.15, 0.2) is 11.6 Å². The van der Waals surface area contributed by atoms with E-state index in [2.05, 4.69) is 6.07 Å². The lowest BCUT2D eigenvalue weighted by molar-refractivity contribution is -0.114. The SMILES string of the molecule is N#C/C1=C/C(=O)CCCCCC1. The molecule has 1 aliphatic rings. The average Bonchev–Trinajstić information content (AvgIpc) is 2.16. The molecule has 0 aliphatic heterocycles. The number of carbonyl (C=O) groups is 1. The molecule has 2 heteroatoms. The van der Waals surface area contributed by atoms with Gasteiger partial charge in [-0.05, 0) is 25.3 Å². The molecule has 0 atom stereocenters. The van der Waals surface area contributed by atoms with Crippen LogP contribution in [0.5, 0.6) is 0 Å². The minimum atomic E-state index is 0.119. The van der Waals surface area contributed by atoms with Gasteiger partial charge in [-0.1, -0.05) is 12.8 Å². The van der Waals surface area contributed by atoms with Crippen molar-refractivity contribution in [3.05, 3.63) is 11.6 Å². The minimum absolute atomic E-state index is 0.119. The van der Waals surface area contributed by atoms with Crippen molar-refractivity contribution in [3.63, 3.8) is 0 Å². The van der Waals surface area contributed by atoms with Crippen LogP contribution in [0.4, 0.5) is 0 Å². The molecule has 0 aromatic rings. The second-order valence-electron chi connectivity index (χ2n) is 3.16. The summed E-state index contributed by atoms with van der Waals surface area (Å²) in [6.07, 6.45) is 7.21. The van der Waals surface area contributed by atoms with Gasteiger partial charge in [0.05, 0.1) is 6.07 Å². The van der Waals surface area contributed by atoms with Crippen LogP contribution in [0.25, 0.3) is 0 Å². The molecule has 0 amide bonds. The zero-order valence-electron chi connectivity index (χ0n) is 7.18. The van der Waals surface area contributed by atoms with Crippen LogP contribution in [0, 0.1) is 11.3 Å². The van der Waals surface area contributed by atoms with E-state index >= 15 is 0 Å². The van der Waals surface area contributed by atoms with E-state index in [9.17, 15) is 4.79 Å². The van der Waals surface area contributed by atoms with Gasteiger partial charge in [-0.2, -0.15) is 5.26 Å². The highest BCUT2D eigenvalue weighted by molar-refractivity contribution is 5.90. The molecule has 0 spiro atoms. The van der Waals surface area contributed by atoms with Crippen LogP contribution in [0.1, 0.15) is 38.5 Å². The van der Waals surface area contributed by atoms with Crippen molar-refractivity contribution in [1.29, 1.82) is 5.26 Å². The lowest BCUT2D eigenvalue weighted by Crippen LogP contribution is -1.92. The minimum Gasteiger partial charge on any atom is -0.295 e. The third kappa shape index (κ3) is 2.87. The first-order chi connectivity index (χ1) is 5.83. The number of nitriles is 1. The Balaban J connectivity index is 2.63. The third-order valence-electron chi connectivity index (χ3n) is 2.10. The summed E-state index contributed by atoms with van der Waals surface area (Å²) in [5, 5.41) is 8.65. The van der Waals surface area contributed by atoms with Gasteiger partial charge in [0, 0.05) is 12.0 Å². The Hall–Kier alpha value is -1.10. The van der Waals surface area contributed by atoms with Crippen molar-refractivity contribution >= 4 is 5.78 Å². The Bertz CT molecular complexity index is 235. The quantitative estimate of drug-likeness (QED) is 0.550. The van der Waals surface area contributed by atoms with Gasteiger partial charge in [0.2, 0.25) is 0 Å². The molecule has 1 aliphatic carbocycles. The van der Waals surface area contributed by atoms with E-state index < -0.39 is 0 Å². The van der Waals surface area contributed by atoms with E-state index in [1.165, 1.54) is 6.08 Å². The summed E-state index contributed by atoms with van der Waals surface area (Å²) in [6.45, 7) is 0. The molecule has 0 N–H and O–H groups in total. The predicted molar refractivity (Wildman–Crippen MR) is 46.4 cm³/mol. The van der Waals surface area contributed by atoms with Gasteiger partial charge in [0.15, 0.2) is 5.78 Å². The Kier molecular flexibility index (Phi) is 3.53. The van der Waals surface area contributed by atoms with Crippen molar-refractivity contribution in [1.82, 2.24) is 0 Å². The topological polar surface area (TPSA) is 40.9 Å². The van der Waals surface area contributed by atoms with Gasteiger partial charge in [0.25, 0.3) is 0 Å². The Morgan fingerprint density at radius 3 is 2.50 bits per heavy atom. The molecule has 1 rings (SSSR count). The zero-order valence-corrected chi connectivity index (χ0v) is 7.18. The first kappa shape index (κ1) is 8.99. The van der Waals surface area contributed by atoms with Gasteiger partial charge >= 0.3 is 0 Å². The Labute approximate surface area is 72.9 Å². The van der Waals surface area contributed by atoms with Crippen LogP contribution in [-0.2, 0) is 4.79 Å². The van der Waals surface area contributed by atoms with Crippen molar-refractivity contribution in [2.24, 2.45) is 0 Å². The fraction of sp³-hybridized carbons (Fsp3) is 0.600. The van der Waals surface area contributed by atoms with Crippen LogP contribution >= 0.6 is 0 Å². The van der Waals surface area contributed by atoms with Crippen molar-refractivity contribution in [2.45, 2.75) is 38.5 Å². The van der Waals surface area contributed by atoms with Gasteiger partial charge in [-0.15, -0.1) is 0 Å². The highest BCUT2D eigenvalue weighted by Crippen LogP contribution is 2.14. The van der Waals surface area contributed by atoms with E-state index in [0.29, 0.717) is 12.0 Å². The number of carbonyl (C=O) groups excluding carboxylic acids is 1. The molecule has 0 unspecified atom stereocenters. The highest BCUT2D eigenvalue weighted by atomic mass is 16.1. The van der Waals surface area contributed by atoms with E-state index in [-0.39, 0.29) is 5.78 Å². The number of ketones is 1. The van der Waals surface area contributed by atoms with E-state index in [0.717, 1.165) is 32.1 Å². The predicted octanol–water partition coefficient (Wildman–Crippen LogP) is 2.36. The van der Waals surface area contributed by atoms with Gasteiger partial charge < -0.3 is 0 Å². The fourth-order valence-corrected chi connectivity index (χ4v) is 1.40. The van der Waals surface area contributed by atoms with Crippen molar-refractivity contribution in [3.8, 4) is 6.07 Å². The second-order valence-corrected chi connectivity index (χ2v) is 3.16. The molecule has 12 heavy (non-hydrogen) atoms. The molecular formula is C10H13NO. The summed E-state index contributed by atoms with van der Waals surface area (Å²) in [5.41, 5.74) is 0.655. The molecule has 0 bridgehead atoms. The van der Waals surface area contributed by atoms with Crippen molar-refractivity contribution < 1.29 is 4.79 Å². The molecule has 0 aromatic heterocycles. The third-order valence-corrected chi connectivity index (χ3v) is 2.10. The van der Waals surface area contributed by atoms with Gasteiger partial charge in [-0.25, -0.2) is 0 Å². The number of allylic oxidation sites excluding steroid dienone is 2. The average molecular weight is 163 g/mol. The smallest absolute Gasteiger partial charge is 0.156 e. The molecule has 0 radical (unpaired) electrons. The monoisotopic (exact) mass is 163 g/mol. The molecular weight excluding hydrogens is 150 g/mol.